The molecule has 0 saturated heterocycles. The molecule has 2 aromatic rings. The molecule has 0 radical (unpaired) electrons. The summed E-state index contributed by atoms with van der Waals surface area (Å²) in [4.78, 5) is 16.6. The molecule has 1 aromatic heterocycles. The van der Waals surface area contributed by atoms with Gasteiger partial charge >= 0.3 is 0 Å². The Morgan fingerprint density at radius 3 is 2.94 bits per heavy atom. The van der Waals surface area contributed by atoms with Gasteiger partial charge < -0.3 is 0 Å². The molecule has 0 bridgehead atoms. The van der Waals surface area contributed by atoms with Gasteiger partial charge in [0.2, 0.25) is 0 Å². The van der Waals surface area contributed by atoms with Gasteiger partial charge in [0.05, 0.1) is 10.9 Å². The number of aromatic nitrogens is 2. The van der Waals surface area contributed by atoms with Crippen LogP contribution in [0.5, 0.6) is 0 Å². The van der Waals surface area contributed by atoms with Gasteiger partial charge in [0, 0.05) is 12.5 Å². The molecule has 84 valence electrons. The standard InChI is InChI=1S/C12H12N2O.ClH/c1-8-6-7-14-11(8)13-10-5-3-2-4-9(10)12(14)15;/h2-5,8H,6-7H2,1H3;1H. The fraction of sp³-hybridized carbons (Fsp3) is 0.333. The second-order valence-corrected chi connectivity index (χ2v) is 4.13. The van der Waals surface area contributed by atoms with Gasteiger partial charge in [0.15, 0.2) is 0 Å². The van der Waals surface area contributed by atoms with Crippen LogP contribution in [-0.2, 0) is 6.54 Å². The van der Waals surface area contributed by atoms with Crippen LogP contribution >= 0.6 is 12.4 Å². The average molecular weight is 237 g/mol. The zero-order valence-corrected chi connectivity index (χ0v) is 9.83. The first-order chi connectivity index (χ1) is 7.27. The van der Waals surface area contributed by atoms with Gasteiger partial charge in [-0.1, -0.05) is 19.1 Å². The van der Waals surface area contributed by atoms with Gasteiger partial charge in [-0.05, 0) is 18.6 Å². The summed E-state index contributed by atoms with van der Waals surface area (Å²) in [7, 11) is 0. The van der Waals surface area contributed by atoms with Gasteiger partial charge in [-0.25, -0.2) is 4.98 Å². The van der Waals surface area contributed by atoms with Crippen molar-refractivity contribution in [3.8, 4) is 0 Å². The van der Waals surface area contributed by atoms with Crippen molar-refractivity contribution in [2.45, 2.75) is 25.8 Å². The van der Waals surface area contributed by atoms with Gasteiger partial charge in [-0.3, -0.25) is 9.36 Å². The predicted octanol–water partition coefficient (Wildman–Crippen LogP) is 2.33. The Kier molecular flexibility index (Phi) is 2.72. The molecular formula is C12H13ClN2O. The lowest BCUT2D eigenvalue weighted by Crippen LogP contribution is -2.21. The Morgan fingerprint density at radius 1 is 1.38 bits per heavy atom. The summed E-state index contributed by atoms with van der Waals surface area (Å²) in [6.07, 6.45) is 1.03. The van der Waals surface area contributed by atoms with Gasteiger partial charge in [-0.2, -0.15) is 0 Å². The lowest BCUT2D eigenvalue weighted by Gasteiger charge is -2.06. The minimum absolute atomic E-state index is 0. The van der Waals surface area contributed by atoms with Crippen molar-refractivity contribution in [3.05, 3.63) is 40.4 Å². The van der Waals surface area contributed by atoms with E-state index in [1.807, 2.05) is 28.8 Å². The van der Waals surface area contributed by atoms with Crippen LogP contribution in [0.4, 0.5) is 0 Å². The SMILES string of the molecule is CC1CCn2c1nc1ccccc1c2=O.Cl. The maximum Gasteiger partial charge on any atom is 0.261 e. The summed E-state index contributed by atoms with van der Waals surface area (Å²) in [5, 5.41) is 0.732. The summed E-state index contributed by atoms with van der Waals surface area (Å²) in [6, 6.07) is 7.56. The minimum Gasteiger partial charge on any atom is -0.296 e. The molecule has 0 amide bonds. The topological polar surface area (TPSA) is 34.9 Å². The number of halogens is 1. The molecule has 3 nitrogen and oxygen atoms in total. The van der Waals surface area contributed by atoms with Crippen molar-refractivity contribution < 1.29 is 0 Å². The van der Waals surface area contributed by atoms with Crippen LogP contribution in [0.2, 0.25) is 0 Å². The molecule has 0 saturated carbocycles. The van der Waals surface area contributed by atoms with Crippen molar-refractivity contribution in [2.75, 3.05) is 0 Å². The number of benzene rings is 1. The molecule has 1 aromatic carbocycles. The lowest BCUT2D eigenvalue weighted by atomic mass is 10.1. The molecule has 4 heteroatoms. The van der Waals surface area contributed by atoms with Crippen LogP contribution in [0.15, 0.2) is 29.1 Å². The molecular weight excluding hydrogens is 224 g/mol. The second kappa shape index (κ2) is 3.91. The highest BCUT2D eigenvalue weighted by Crippen LogP contribution is 2.24. The smallest absolute Gasteiger partial charge is 0.261 e. The molecule has 0 fully saturated rings. The van der Waals surface area contributed by atoms with Crippen molar-refractivity contribution >= 4 is 23.3 Å². The maximum absolute atomic E-state index is 12.1. The predicted molar refractivity (Wildman–Crippen MR) is 66.3 cm³/mol. The normalized spacial score (nSPS) is 18.2. The zero-order valence-electron chi connectivity index (χ0n) is 9.01. The van der Waals surface area contributed by atoms with E-state index < -0.39 is 0 Å². The molecule has 1 aliphatic rings. The van der Waals surface area contributed by atoms with Gasteiger partial charge in [0.1, 0.15) is 5.82 Å². The quantitative estimate of drug-likeness (QED) is 0.704. The highest BCUT2D eigenvalue weighted by Gasteiger charge is 2.22. The molecule has 1 unspecified atom stereocenters. The van der Waals surface area contributed by atoms with E-state index in [2.05, 4.69) is 11.9 Å². The van der Waals surface area contributed by atoms with E-state index in [9.17, 15) is 4.79 Å². The molecule has 1 aliphatic heterocycles. The third-order valence-electron chi connectivity index (χ3n) is 3.12. The minimum atomic E-state index is 0. The van der Waals surface area contributed by atoms with Crippen molar-refractivity contribution in [1.29, 1.82) is 0 Å². The number of rotatable bonds is 0. The molecule has 3 rings (SSSR count). The first-order valence-electron chi connectivity index (χ1n) is 5.27. The van der Waals surface area contributed by atoms with Crippen molar-refractivity contribution in [1.82, 2.24) is 9.55 Å². The molecule has 0 aliphatic carbocycles. The van der Waals surface area contributed by atoms with Crippen LogP contribution in [0.3, 0.4) is 0 Å². The number of hydrogen-bond donors (Lipinski definition) is 0. The molecule has 1 atom stereocenters. The second-order valence-electron chi connectivity index (χ2n) is 4.13. The fourth-order valence-corrected chi connectivity index (χ4v) is 2.23. The summed E-state index contributed by atoms with van der Waals surface area (Å²) < 4.78 is 1.81. The summed E-state index contributed by atoms with van der Waals surface area (Å²) in [5.41, 5.74) is 0.933. The molecule has 16 heavy (non-hydrogen) atoms. The number of hydrogen-bond acceptors (Lipinski definition) is 2. The molecule has 2 heterocycles. The highest BCUT2D eigenvalue weighted by atomic mass is 35.5. The zero-order chi connectivity index (χ0) is 10.4. The van der Waals surface area contributed by atoms with Gasteiger partial charge in [-0.15, -0.1) is 12.4 Å². The van der Waals surface area contributed by atoms with Crippen LogP contribution in [0.25, 0.3) is 10.9 Å². The van der Waals surface area contributed by atoms with E-state index in [0.717, 1.165) is 29.7 Å². The monoisotopic (exact) mass is 236 g/mol. The number of para-hydroxylation sites is 1. The first kappa shape index (κ1) is 11.1. The van der Waals surface area contributed by atoms with Crippen LogP contribution in [0.1, 0.15) is 25.1 Å². The average Bonchev–Trinajstić information content (AvgIpc) is 2.62. The Balaban J connectivity index is 0.000000963. The van der Waals surface area contributed by atoms with E-state index in [-0.39, 0.29) is 18.0 Å². The summed E-state index contributed by atoms with van der Waals surface area (Å²) in [6.45, 7) is 2.94. The van der Waals surface area contributed by atoms with Crippen LogP contribution in [0, 0.1) is 0 Å². The summed E-state index contributed by atoms with van der Waals surface area (Å²) >= 11 is 0. The Bertz CT molecular complexity index is 591. The Hall–Kier alpha value is -1.35. The van der Waals surface area contributed by atoms with E-state index in [0.29, 0.717) is 5.92 Å². The lowest BCUT2D eigenvalue weighted by molar-refractivity contribution is 0.695. The first-order valence-corrected chi connectivity index (χ1v) is 5.27. The van der Waals surface area contributed by atoms with Crippen LogP contribution in [-0.4, -0.2) is 9.55 Å². The highest BCUT2D eigenvalue weighted by molar-refractivity contribution is 5.85. The molecule has 0 spiro atoms. The van der Waals surface area contributed by atoms with Crippen molar-refractivity contribution in [3.63, 3.8) is 0 Å². The van der Waals surface area contributed by atoms with E-state index in [1.165, 1.54) is 0 Å². The third kappa shape index (κ3) is 1.43. The largest absolute Gasteiger partial charge is 0.296 e. The van der Waals surface area contributed by atoms with E-state index >= 15 is 0 Å². The molecule has 0 N–H and O–H groups in total. The van der Waals surface area contributed by atoms with Crippen LogP contribution < -0.4 is 5.56 Å². The Labute approximate surface area is 99.5 Å². The van der Waals surface area contributed by atoms with E-state index in [1.54, 1.807) is 0 Å². The number of fused-ring (bicyclic) bond motifs is 2. The van der Waals surface area contributed by atoms with Crippen molar-refractivity contribution in [2.24, 2.45) is 0 Å². The van der Waals surface area contributed by atoms with E-state index in [4.69, 9.17) is 0 Å². The fourth-order valence-electron chi connectivity index (χ4n) is 2.23. The Morgan fingerprint density at radius 2 is 2.12 bits per heavy atom. The third-order valence-corrected chi connectivity index (χ3v) is 3.12. The van der Waals surface area contributed by atoms with Gasteiger partial charge in [0.25, 0.3) is 5.56 Å². The summed E-state index contributed by atoms with van der Waals surface area (Å²) in [5.74, 6) is 1.35. The number of nitrogens with zero attached hydrogens (tertiary/aromatic N) is 2. The maximum atomic E-state index is 12.1.